The molecule has 5 nitrogen and oxygen atoms in total. The quantitative estimate of drug-likeness (QED) is 0.866. The van der Waals surface area contributed by atoms with E-state index in [9.17, 15) is 13.2 Å². The summed E-state index contributed by atoms with van der Waals surface area (Å²) in [5.41, 5.74) is 2.16. The lowest BCUT2D eigenvalue weighted by Crippen LogP contribution is -2.25. The van der Waals surface area contributed by atoms with Crippen molar-refractivity contribution < 1.29 is 13.2 Å². The van der Waals surface area contributed by atoms with Gasteiger partial charge in [-0.3, -0.25) is 9.10 Å². The van der Waals surface area contributed by atoms with Crippen LogP contribution in [0.4, 0.5) is 11.4 Å². The number of benzene rings is 2. The number of nitrogens with zero attached hydrogens (tertiary/aromatic N) is 1. The van der Waals surface area contributed by atoms with Crippen molar-refractivity contribution >= 4 is 38.9 Å². The Labute approximate surface area is 158 Å². The lowest BCUT2D eigenvalue weighted by Gasteiger charge is -2.18. The van der Waals surface area contributed by atoms with Crippen LogP contribution in [0.5, 0.6) is 0 Å². The minimum absolute atomic E-state index is 0.0763. The Morgan fingerprint density at radius 2 is 1.92 bits per heavy atom. The maximum atomic E-state index is 12.6. The first-order valence-electron chi connectivity index (χ1n) is 8.61. The number of anilines is 2. The first-order valence-corrected chi connectivity index (χ1v) is 10.6. The molecule has 4 rings (SSSR count). The second-order valence-corrected chi connectivity index (χ2v) is 9.17. The van der Waals surface area contributed by atoms with E-state index >= 15 is 0 Å². The fraction of sp³-hybridized carbons (Fsp3) is 0.316. The highest BCUT2D eigenvalue weighted by molar-refractivity contribution is 7.93. The molecule has 2 atom stereocenters. The van der Waals surface area contributed by atoms with E-state index in [0.29, 0.717) is 29.4 Å². The van der Waals surface area contributed by atoms with Crippen LogP contribution in [0.15, 0.2) is 48.5 Å². The van der Waals surface area contributed by atoms with Gasteiger partial charge in [0.2, 0.25) is 15.9 Å². The number of hydrogen-bond donors (Lipinski definition) is 1. The Morgan fingerprint density at radius 1 is 1.15 bits per heavy atom. The van der Waals surface area contributed by atoms with Gasteiger partial charge in [-0.1, -0.05) is 41.9 Å². The Balaban J connectivity index is 1.50. The summed E-state index contributed by atoms with van der Waals surface area (Å²) in [5, 5.41) is 3.27. The standard InChI is InChI=1S/C19H19ClN2O3S/c20-17-8-7-14(22-9-4-10-26(22,24)25)11-18(17)21-19(23)16-12-15(16)13-5-2-1-3-6-13/h1-3,5-8,11,15-16H,4,9-10,12H2,(H,21,23). The zero-order chi connectivity index (χ0) is 18.3. The van der Waals surface area contributed by atoms with Crippen LogP contribution in [0, 0.1) is 5.92 Å². The van der Waals surface area contributed by atoms with Gasteiger partial charge < -0.3 is 5.32 Å². The second-order valence-electron chi connectivity index (χ2n) is 6.75. The largest absolute Gasteiger partial charge is 0.324 e. The minimum atomic E-state index is -3.27. The van der Waals surface area contributed by atoms with Gasteiger partial charge in [-0.05, 0) is 42.5 Å². The number of hydrogen-bond acceptors (Lipinski definition) is 3. The lowest BCUT2D eigenvalue weighted by molar-refractivity contribution is -0.117. The van der Waals surface area contributed by atoms with Crippen molar-refractivity contribution in [1.29, 1.82) is 0 Å². The van der Waals surface area contributed by atoms with Gasteiger partial charge in [0.05, 0.1) is 22.2 Å². The number of carbonyl (C=O) groups excluding carboxylic acids is 1. The molecule has 1 aliphatic heterocycles. The third-order valence-electron chi connectivity index (χ3n) is 4.95. The molecule has 2 aromatic carbocycles. The maximum Gasteiger partial charge on any atom is 0.235 e. The van der Waals surface area contributed by atoms with Crippen LogP contribution in [0.3, 0.4) is 0 Å². The smallest absolute Gasteiger partial charge is 0.235 e. The normalized spacial score (nSPS) is 23.7. The number of sulfonamides is 1. The van der Waals surface area contributed by atoms with E-state index in [0.717, 1.165) is 12.0 Å². The molecule has 0 spiro atoms. The second kappa shape index (κ2) is 6.59. The average molecular weight is 391 g/mol. The van der Waals surface area contributed by atoms with Crippen molar-refractivity contribution in [3.8, 4) is 0 Å². The molecule has 1 N–H and O–H groups in total. The maximum absolute atomic E-state index is 12.6. The van der Waals surface area contributed by atoms with Crippen LogP contribution < -0.4 is 9.62 Å². The van der Waals surface area contributed by atoms with Crippen molar-refractivity contribution in [2.24, 2.45) is 5.92 Å². The molecule has 2 aliphatic rings. The van der Waals surface area contributed by atoms with Crippen molar-refractivity contribution in [1.82, 2.24) is 0 Å². The fourth-order valence-corrected chi connectivity index (χ4v) is 5.19. The molecule has 2 unspecified atom stereocenters. The summed E-state index contributed by atoms with van der Waals surface area (Å²) in [4.78, 5) is 12.6. The highest BCUT2D eigenvalue weighted by atomic mass is 35.5. The molecule has 1 amide bonds. The van der Waals surface area contributed by atoms with Crippen molar-refractivity contribution in [2.45, 2.75) is 18.8 Å². The molecular weight excluding hydrogens is 372 g/mol. The molecule has 0 radical (unpaired) electrons. The van der Waals surface area contributed by atoms with Gasteiger partial charge in [-0.15, -0.1) is 0 Å². The summed E-state index contributed by atoms with van der Waals surface area (Å²) in [7, 11) is -3.27. The number of amides is 1. The minimum Gasteiger partial charge on any atom is -0.324 e. The van der Waals surface area contributed by atoms with Gasteiger partial charge in [0.25, 0.3) is 0 Å². The highest BCUT2D eigenvalue weighted by Crippen LogP contribution is 2.48. The molecule has 1 heterocycles. The van der Waals surface area contributed by atoms with Crippen LogP contribution in [0.1, 0.15) is 24.3 Å². The molecule has 26 heavy (non-hydrogen) atoms. The Hall–Kier alpha value is -2.05. The van der Waals surface area contributed by atoms with Gasteiger partial charge >= 0.3 is 0 Å². The van der Waals surface area contributed by atoms with Crippen LogP contribution in [0.2, 0.25) is 5.02 Å². The first kappa shape index (κ1) is 17.4. The Morgan fingerprint density at radius 3 is 2.62 bits per heavy atom. The van der Waals surface area contributed by atoms with E-state index in [2.05, 4.69) is 5.32 Å². The summed E-state index contributed by atoms with van der Waals surface area (Å²) in [5.74, 6) is 0.227. The van der Waals surface area contributed by atoms with E-state index in [1.807, 2.05) is 30.3 Å². The first-order chi connectivity index (χ1) is 12.5. The summed E-state index contributed by atoms with van der Waals surface area (Å²) in [6.45, 7) is 0.454. The summed E-state index contributed by atoms with van der Waals surface area (Å²) < 4.78 is 25.6. The van der Waals surface area contributed by atoms with E-state index in [-0.39, 0.29) is 23.5 Å². The molecule has 2 fully saturated rings. The summed E-state index contributed by atoms with van der Waals surface area (Å²) in [6, 6.07) is 14.9. The van der Waals surface area contributed by atoms with Crippen molar-refractivity contribution in [3.05, 3.63) is 59.1 Å². The Kier molecular flexibility index (Phi) is 4.40. The summed E-state index contributed by atoms with van der Waals surface area (Å²) in [6.07, 6.45) is 1.42. The van der Waals surface area contributed by atoms with Gasteiger partial charge in [0.1, 0.15) is 0 Å². The molecule has 2 aromatic rings. The van der Waals surface area contributed by atoms with Crippen LogP contribution >= 0.6 is 11.6 Å². The average Bonchev–Trinajstić information content (AvgIpc) is 3.35. The Bertz CT molecular complexity index is 947. The molecule has 1 saturated carbocycles. The highest BCUT2D eigenvalue weighted by Gasteiger charge is 2.44. The predicted octanol–water partition coefficient (Wildman–Crippen LogP) is 3.62. The van der Waals surface area contributed by atoms with E-state index in [1.165, 1.54) is 4.31 Å². The molecule has 136 valence electrons. The molecule has 1 saturated heterocycles. The zero-order valence-corrected chi connectivity index (χ0v) is 15.6. The van der Waals surface area contributed by atoms with Gasteiger partial charge in [0.15, 0.2) is 0 Å². The molecule has 0 aromatic heterocycles. The van der Waals surface area contributed by atoms with Gasteiger partial charge in [-0.25, -0.2) is 8.42 Å². The van der Waals surface area contributed by atoms with Crippen LogP contribution in [-0.4, -0.2) is 26.6 Å². The third-order valence-corrected chi connectivity index (χ3v) is 7.15. The fourth-order valence-electron chi connectivity index (χ4n) is 3.47. The topological polar surface area (TPSA) is 66.5 Å². The lowest BCUT2D eigenvalue weighted by atomic mass is 10.1. The van der Waals surface area contributed by atoms with Crippen LogP contribution in [-0.2, 0) is 14.8 Å². The van der Waals surface area contributed by atoms with E-state index in [1.54, 1.807) is 18.2 Å². The zero-order valence-electron chi connectivity index (χ0n) is 14.1. The SMILES string of the molecule is O=C(Nc1cc(N2CCCS2(=O)=O)ccc1Cl)C1CC1c1ccccc1. The van der Waals surface area contributed by atoms with Crippen molar-refractivity contribution in [2.75, 3.05) is 21.9 Å². The van der Waals surface area contributed by atoms with Gasteiger partial charge in [-0.2, -0.15) is 0 Å². The van der Waals surface area contributed by atoms with Gasteiger partial charge in [0, 0.05) is 12.5 Å². The monoisotopic (exact) mass is 390 g/mol. The number of halogens is 1. The number of rotatable bonds is 4. The van der Waals surface area contributed by atoms with E-state index in [4.69, 9.17) is 11.6 Å². The van der Waals surface area contributed by atoms with Crippen molar-refractivity contribution in [3.63, 3.8) is 0 Å². The molecular formula is C19H19ClN2O3S. The molecule has 0 bridgehead atoms. The number of nitrogens with one attached hydrogen (secondary N) is 1. The van der Waals surface area contributed by atoms with E-state index < -0.39 is 10.0 Å². The summed E-state index contributed by atoms with van der Waals surface area (Å²) >= 11 is 6.21. The molecule has 1 aliphatic carbocycles. The number of carbonyl (C=O) groups is 1. The predicted molar refractivity (Wildman–Crippen MR) is 103 cm³/mol. The molecule has 7 heteroatoms. The van der Waals surface area contributed by atoms with Crippen LogP contribution in [0.25, 0.3) is 0 Å². The third kappa shape index (κ3) is 3.31.